The largest absolute Gasteiger partial charge is 0.493 e. The van der Waals surface area contributed by atoms with E-state index < -0.39 is 0 Å². The van der Waals surface area contributed by atoms with E-state index in [0.717, 1.165) is 15.8 Å². The van der Waals surface area contributed by atoms with Gasteiger partial charge in [0.1, 0.15) is 11.4 Å². The highest BCUT2D eigenvalue weighted by molar-refractivity contribution is 8.01. The van der Waals surface area contributed by atoms with Crippen molar-refractivity contribution >= 4 is 28.1 Å². The number of hydrogen-bond acceptors (Lipinski definition) is 7. The predicted molar refractivity (Wildman–Crippen MR) is 96.3 cm³/mol. The molecule has 3 aromatic rings. The average molecular weight is 362 g/mol. The summed E-state index contributed by atoms with van der Waals surface area (Å²) in [5, 5.41) is 12.6. The Bertz CT molecular complexity index is 884. The van der Waals surface area contributed by atoms with Crippen LogP contribution in [0.3, 0.4) is 0 Å². The Morgan fingerprint density at radius 2 is 1.96 bits per heavy atom. The summed E-state index contributed by atoms with van der Waals surface area (Å²) < 4.78 is 7.78. The monoisotopic (exact) mass is 362 g/mol. The number of fused-ring (bicyclic) bond motifs is 1. The fourth-order valence-electron chi connectivity index (χ4n) is 2.03. The van der Waals surface area contributed by atoms with E-state index in [4.69, 9.17) is 4.74 Å². The molecule has 0 aliphatic carbocycles. The smallest absolute Gasteiger partial charge is 0.297 e. The number of hydrogen-bond donors (Lipinski definition) is 0. The summed E-state index contributed by atoms with van der Waals surface area (Å²) in [6, 6.07) is 9.67. The molecule has 0 unspecified atom stereocenters. The van der Waals surface area contributed by atoms with Crippen molar-refractivity contribution in [3.05, 3.63) is 46.4 Å². The number of aromatic nitrogens is 4. The molecular weight excluding hydrogens is 344 g/mol. The van der Waals surface area contributed by atoms with Gasteiger partial charge in [0.05, 0.1) is 6.61 Å². The summed E-state index contributed by atoms with van der Waals surface area (Å²) in [7, 11) is 0. The molecule has 0 radical (unpaired) electrons. The van der Waals surface area contributed by atoms with E-state index in [-0.39, 0.29) is 11.0 Å². The van der Waals surface area contributed by atoms with E-state index in [9.17, 15) is 4.79 Å². The van der Waals surface area contributed by atoms with Gasteiger partial charge in [-0.05, 0) is 12.1 Å². The topological polar surface area (TPSA) is 69.4 Å². The standard InChI is InChI=1S/C16H18N4O2S2/c1-16(2,3)12-13(21)20-14(18-17-12)24-15(19-20)23-10-9-22-11-7-5-4-6-8-11/h4-8H,9-10H2,1-3H3. The molecule has 0 aliphatic heterocycles. The maximum Gasteiger partial charge on any atom is 0.297 e. The Labute approximate surface area is 147 Å². The zero-order valence-corrected chi connectivity index (χ0v) is 15.4. The van der Waals surface area contributed by atoms with Crippen molar-refractivity contribution in [1.29, 1.82) is 0 Å². The SMILES string of the molecule is CC(C)(C)c1nnc2sc(SCCOc3ccccc3)nn2c1=O. The molecule has 2 aromatic heterocycles. The quantitative estimate of drug-likeness (QED) is 0.513. The molecule has 3 rings (SSSR count). The third-order valence-electron chi connectivity index (χ3n) is 3.20. The van der Waals surface area contributed by atoms with E-state index in [2.05, 4.69) is 15.3 Å². The molecule has 0 aliphatic rings. The molecule has 0 fully saturated rings. The lowest BCUT2D eigenvalue weighted by atomic mass is 9.93. The highest BCUT2D eigenvalue weighted by Crippen LogP contribution is 2.24. The lowest BCUT2D eigenvalue weighted by Gasteiger charge is -2.14. The van der Waals surface area contributed by atoms with Crippen LogP contribution in [0, 0.1) is 0 Å². The number of para-hydroxylation sites is 1. The van der Waals surface area contributed by atoms with Crippen molar-refractivity contribution in [2.45, 2.75) is 30.5 Å². The molecular formula is C16H18N4O2S2. The van der Waals surface area contributed by atoms with E-state index in [0.29, 0.717) is 17.3 Å². The minimum absolute atomic E-state index is 0.198. The first-order valence-corrected chi connectivity index (χ1v) is 9.33. The fourth-order valence-corrected chi connectivity index (χ4v) is 3.79. The van der Waals surface area contributed by atoms with Crippen molar-refractivity contribution in [3.8, 4) is 5.75 Å². The van der Waals surface area contributed by atoms with Crippen LogP contribution in [-0.4, -0.2) is 32.2 Å². The Kier molecular flexibility index (Phi) is 4.86. The van der Waals surface area contributed by atoms with Gasteiger partial charge in [0, 0.05) is 11.2 Å². The molecule has 1 aromatic carbocycles. The molecule has 24 heavy (non-hydrogen) atoms. The molecule has 0 saturated carbocycles. The third kappa shape index (κ3) is 3.76. The first-order valence-electron chi connectivity index (χ1n) is 7.53. The van der Waals surface area contributed by atoms with Gasteiger partial charge < -0.3 is 4.74 Å². The summed E-state index contributed by atoms with van der Waals surface area (Å²) >= 11 is 2.91. The second-order valence-electron chi connectivity index (χ2n) is 6.18. The second-order valence-corrected chi connectivity index (χ2v) is 8.47. The number of benzene rings is 1. The van der Waals surface area contributed by atoms with Gasteiger partial charge in [0.2, 0.25) is 4.96 Å². The van der Waals surface area contributed by atoms with Crippen LogP contribution in [0.4, 0.5) is 0 Å². The van der Waals surface area contributed by atoms with Gasteiger partial charge in [-0.15, -0.1) is 15.3 Å². The van der Waals surface area contributed by atoms with Gasteiger partial charge in [-0.1, -0.05) is 62.1 Å². The molecule has 2 heterocycles. The van der Waals surface area contributed by atoms with Crippen molar-refractivity contribution in [1.82, 2.24) is 19.8 Å². The predicted octanol–water partition coefficient (Wildman–Crippen LogP) is 3.01. The molecule has 0 amide bonds. The van der Waals surface area contributed by atoms with Crippen LogP contribution >= 0.6 is 23.1 Å². The minimum atomic E-state index is -0.355. The van der Waals surface area contributed by atoms with Crippen LogP contribution in [0.1, 0.15) is 26.5 Å². The van der Waals surface area contributed by atoms with Crippen LogP contribution in [-0.2, 0) is 5.41 Å². The fraction of sp³-hybridized carbons (Fsp3) is 0.375. The molecule has 8 heteroatoms. The second kappa shape index (κ2) is 6.90. The first kappa shape index (κ1) is 16.9. The summed E-state index contributed by atoms with van der Waals surface area (Å²) in [5.41, 5.74) is -0.128. The molecule has 0 bridgehead atoms. The average Bonchev–Trinajstić information content (AvgIpc) is 2.96. The normalized spacial score (nSPS) is 11.8. The van der Waals surface area contributed by atoms with Crippen molar-refractivity contribution in [2.24, 2.45) is 0 Å². The van der Waals surface area contributed by atoms with Crippen molar-refractivity contribution in [3.63, 3.8) is 0 Å². The number of thioether (sulfide) groups is 1. The highest BCUT2D eigenvalue weighted by Gasteiger charge is 2.23. The summed E-state index contributed by atoms with van der Waals surface area (Å²) in [6.45, 7) is 6.38. The maximum absolute atomic E-state index is 12.5. The van der Waals surface area contributed by atoms with E-state index >= 15 is 0 Å². The minimum Gasteiger partial charge on any atom is -0.493 e. The van der Waals surface area contributed by atoms with Crippen molar-refractivity contribution in [2.75, 3.05) is 12.4 Å². The Morgan fingerprint density at radius 3 is 2.67 bits per heavy atom. The molecule has 0 N–H and O–H groups in total. The molecule has 0 atom stereocenters. The van der Waals surface area contributed by atoms with Gasteiger partial charge >= 0.3 is 0 Å². The molecule has 126 valence electrons. The number of nitrogens with zero attached hydrogens (tertiary/aromatic N) is 4. The van der Waals surface area contributed by atoms with E-state index in [1.807, 2.05) is 51.1 Å². The van der Waals surface area contributed by atoms with Crippen molar-refractivity contribution < 1.29 is 4.74 Å². The maximum atomic E-state index is 12.5. The van der Waals surface area contributed by atoms with Gasteiger partial charge in [-0.25, -0.2) is 0 Å². The Morgan fingerprint density at radius 1 is 1.21 bits per heavy atom. The summed E-state index contributed by atoms with van der Waals surface area (Å²) in [4.78, 5) is 13.0. The van der Waals surface area contributed by atoms with Crippen LogP contribution in [0.5, 0.6) is 5.75 Å². The number of rotatable bonds is 5. The zero-order valence-electron chi connectivity index (χ0n) is 13.7. The molecule has 6 nitrogen and oxygen atoms in total. The highest BCUT2D eigenvalue weighted by atomic mass is 32.2. The first-order chi connectivity index (χ1) is 11.4. The van der Waals surface area contributed by atoms with Crippen LogP contribution in [0.15, 0.2) is 39.5 Å². The Balaban J connectivity index is 1.68. The lowest BCUT2D eigenvalue weighted by Crippen LogP contribution is -2.30. The van der Waals surface area contributed by atoms with E-state index in [1.165, 1.54) is 15.9 Å². The van der Waals surface area contributed by atoms with Gasteiger partial charge in [0.15, 0.2) is 4.34 Å². The number of ether oxygens (including phenoxy) is 1. The summed E-state index contributed by atoms with van der Waals surface area (Å²) in [5.74, 6) is 1.59. The lowest BCUT2D eigenvalue weighted by molar-refractivity contribution is 0.344. The summed E-state index contributed by atoms with van der Waals surface area (Å²) in [6.07, 6.45) is 0. The van der Waals surface area contributed by atoms with Gasteiger partial charge in [-0.3, -0.25) is 4.79 Å². The zero-order chi connectivity index (χ0) is 17.2. The van der Waals surface area contributed by atoms with E-state index in [1.54, 1.807) is 11.8 Å². The van der Waals surface area contributed by atoms with Crippen LogP contribution < -0.4 is 10.3 Å². The van der Waals surface area contributed by atoms with Gasteiger partial charge in [0.25, 0.3) is 5.56 Å². The van der Waals surface area contributed by atoms with Gasteiger partial charge in [-0.2, -0.15) is 4.52 Å². The third-order valence-corrected chi connectivity index (χ3v) is 5.20. The van der Waals surface area contributed by atoms with Crippen LogP contribution in [0.25, 0.3) is 4.96 Å². The molecule has 0 spiro atoms. The van der Waals surface area contributed by atoms with Crippen LogP contribution in [0.2, 0.25) is 0 Å². The molecule has 0 saturated heterocycles. The Hall–Kier alpha value is -1.93.